The van der Waals surface area contributed by atoms with Crippen molar-refractivity contribution in [3.8, 4) is 0 Å². The number of esters is 1. The van der Waals surface area contributed by atoms with Crippen LogP contribution in [-0.4, -0.2) is 17.9 Å². The molecule has 0 N–H and O–H groups in total. The van der Waals surface area contributed by atoms with Crippen LogP contribution in [0.25, 0.3) is 0 Å². The van der Waals surface area contributed by atoms with Gasteiger partial charge in [-0.2, -0.15) is 0 Å². The van der Waals surface area contributed by atoms with E-state index < -0.39 is 0 Å². The highest BCUT2D eigenvalue weighted by atomic mass is 16.5. The van der Waals surface area contributed by atoms with Gasteiger partial charge in [0.25, 0.3) is 0 Å². The SMILES string of the molecule is CC(C)[C@H](C)/C=C/[C@@H](C)[C@H]1CCC2=C3C(=O)C[C@H]4C[C@@H](OC(=O)c5ccccc5)CC[C@]4(C)[C@H]3CC[C@@]21C. The number of hydrogen-bond donors (Lipinski definition) is 0. The predicted octanol–water partition coefficient (Wildman–Crippen LogP) is 8.60. The molecular weight excluding hydrogens is 468 g/mol. The van der Waals surface area contributed by atoms with Gasteiger partial charge in [-0.15, -0.1) is 0 Å². The minimum atomic E-state index is -0.236. The van der Waals surface area contributed by atoms with Crippen molar-refractivity contribution in [2.24, 2.45) is 46.3 Å². The van der Waals surface area contributed by atoms with Gasteiger partial charge in [-0.1, -0.05) is 77.5 Å². The number of ether oxygens (including phenoxy) is 1. The maximum absolute atomic E-state index is 13.8. The van der Waals surface area contributed by atoms with E-state index in [9.17, 15) is 9.59 Å². The highest BCUT2D eigenvalue weighted by molar-refractivity contribution is 5.98. The lowest BCUT2D eigenvalue weighted by molar-refractivity contribution is -0.127. The molecule has 0 radical (unpaired) electrons. The van der Waals surface area contributed by atoms with Crippen LogP contribution in [0.3, 0.4) is 0 Å². The summed E-state index contributed by atoms with van der Waals surface area (Å²) in [5, 5.41) is 0. The number of carbonyl (C=O) groups excluding carboxylic acids is 2. The number of ketones is 1. The van der Waals surface area contributed by atoms with E-state index in [0.29, 0.717) is 53.3 Å². The van der Waals surface area contributed by atoms with E-state index >= 15 is 0 Å². The van der Waals surface area contributed by atoms with Gasteiger partial charge in [-0.25, -0.2) is 4.79 Å². The van der Waals surface area contributed by atoms with Crippen LogP contribution in [0.1, 0.15) is 103 Å². The van der Waals surface area contributed by atoms with Crippen molar-refractivity contribution in [3.05, 3.63) is 59.2 Å². The maximum Gasteiger partial charge on any atom is 0.338 e. The average molecular weight is 517 g/mol. The molecule has 0 unspecified atom stereocenters. The van der Waals surface area contributed by atoms with Crippen LogP contribution in [-0.2, 0) is 9.53 Å². The van der Waals surface area contributed by atoms with Crippen molar-refractivity contribution in [2.75, 3.05) is 0 Å². The fraction of sp³-hybridized carbons (Fsp3) is 0.657. The van der Waals surface area contributed by atoms with Crippen molar-refractivity contribution in [1.29, 1.82) is 0 Å². The number of rotatable bonds is 6. The molecule has 3 heteroatoms. The molecule has 8 atom stereocenters. The molecule has 0 spiro atoms. The Balaban J connectivity index is 1.33. The largest absolute Gasteiger partial charge is 0.459 e. The predicted molar refractivity (Wildman–Crippen MR) is 154 cm³/mol. The smallest absolute Gasteiger partial charge is 0.338 e. The summed E-state index contributed by atoms with van der Waals surface area (Å²) in [6, 6.07) is 9.28. The molecule has 5 rings (SSSR count). The molecule has 0 heterocycles. The maximum atomic E-state index is 13.8. The standard InChI is InChI=1S/C35H48O3/c1-22(2)23(3)12-13-24(4)28-14-15-29-32-30(17-19-35(28,29)6)34(5)18-16-27(20-26(34)21-31(32)36)38-33(37)25-10-8-7-9-11-25/h7-13,22-24,26-28,30H,14-21H2,1-6H3/b13-12+/t23-,24-,26-,27+,28-,30+,34+,35-/m1/s1. The Labute approximate surface area is 230 Å². The zero-order valence-electron chi connectivity index (χ0n) is 24.5. The Bertz CT molecular complexity index is 1110. The third kappa shape index (κ3) is 4.73. The lowest BCUT2D eigenvalue weighted by Gasteiger charge is -2.56. The van der Waals surface area contributed by atoms with E-state index in [0.717, 1.165) is 32.1 Å². The van der Waals surface area contributed by atoms with E-state index in [2.05, 4.69) is 53.7 Å². The number of benzene rings is 1. The Morgan fingerprint density at radius 2 is 1.74 bits per heavy atom. The van der Waals surface area contributed by atoms with Crippen LogP contribution < -0.4 is 0 Å². The Kier molecular flexibility index (Phi) is 7.52. The van der Waals surface area contributed by atoms with Gasteiger partial charge in [0.2, 0.25) is 0 Å². The van der Waals surface area contributed by atoms with E-state index in [4.69, 9.17) is 4.74 Å². The average Bonchev–Trinajstić information content (AvgIpc) is 3.25. The summed E-state index contributed by atoms with van der Waals surface area (Å²) in [7, 11) is 0. The molecule has 1 aromatic rings. The monoisotopic (exact) mass is 516 g/mol. The van der Waals surface area contributed by atoms with Crippen LogP contribution in [0.4, 0.5) is 0 Å². The Hall–Kier alpha value is -2.16. The molecule has 38 heavy (non-hydrogen) atoms. The summed E-state index contributed by atoms with van der Waals surface area (Å²) in [5.74, 6) is 3.24. The Morgan fingerprint density at radius 1 is 1.00 bits per heavy atom. The van der Waals surface area contributed by atoms with Gasteiger partial charge in [0.15, 0.2) is 5.78 Å². The molecule has 3 saturated carbocycles. The summed E-state index contributed by atoms with van der Waals surface area (Å²) < 4.78 is 5.95. The number of allylic oxidation sites excluding steroid dienone is 4. The number of carbonyl (C=O) groups is 2. The molecule has 4 aliphatic carbocycles. The number of hydrogen-bond acceptors (Lipinski definition) is 3. The van der Waals surface area contributed by atoms with Crippen molar-refractivity contribution in [1.82, 2.24) is 0 Å². The number of Topliss-reactive ketones (excluding diaryl/α,β-unsaturated/α-hetero) is 1. The summed E-state index contributed by atoms with van der Waals surface area (Å²) in [6.45, 7) is 14.2. The van der Waals surface area contributed by atoms with Crippen LogP contribution in [0.5, 0.6) is 0 Å². The van der Waals surface area contributed by atoms with Crippen LogP contribution in [0.15, 0.2) is 53.6 Å². The first-order valence-electron chi connectivity index (χ1n) is 15.3. The molecule has 206 valence electrons. The van der Waals surface area contributed by atoms with Crippen LogP contribution in [0, 0.1) is 46.3 Å². The highest BCUT2D eigenvalue weighted by Gasteiger charge is 2.58. The lowest BCUT2D eigenvalue weighted by atomic mass is 9.48. The van der Waals surface area contributed by atoms with Crippen molar-refractivity contribution < 1.29 is 14.3 Å². The van der Waals surface area contributed by atoms with Gasteiger partial charge in [0.05, 0.1) is 5.56 Å². The van der Waals surface area contributed by atoms with Gasteiger partial charge >= 0.3 is 5.97 Å². The normalized spacial score (nSPS) is 36.6. The zero-order valence-corrected chi connectivity index (χ0v) is 24.5. The first-order chi connectivity index (χ1) is 18.0. The van der Waals surface area contributed by atoms with Crippen molar-refractivity contribution in [2.45, 2.75) is 99.0 Å². The fourth-order valence-electron chi connectivity index (χ4n) is 8.67. The molecular formula is C35H48O3. The molecule has 4 aliphatic rings. The van der Waals surface area contributed by atoms with Gasteiger partial charge < -0.3 is 4.74 Å². The summed E-state index contributed by atoms with van der Waals surface area (Å²) in [4.78, 5) is 26.6. The highest BCUT2D eigenvalue weighted by Crippen LogP contribution is 2.65. The third-order valence-electron chi connectivity index (χ3n) is 11.5. The zero-order chi connectivity index (χ0) is 27.2. The van der Waals surface area contributed by atoms with E-state index in [-0.39, 0.29) is 22.9 Å². The van der Waals surface area contributed by atoms with Gasteiger partial charge in [-0.05, 0) is 109 Å². The van der Waals surface area contributed by atoms with Gasteiger partial charge in [0.1, 0.15) is 6.10 Å². The third-order valence-corrected chi connectivity index (χ3v) is 11.5. The minimum absolute atomic E-state index is 0.0895. The Morgan fingerprint density at radius 3 is 2.45 bits per heavy atom. The number of fused-ring (bicyclic) bond motifs is 4. The first kappa shape index (κ1) is 27.4. The molecule has 3 nitrogen and oxygen atoms in total. The second-order valence-electron chi connectivity index (χ2n) is 13.9. The first-order valence-corrected chi connectivity index (χ1v) is 15.3. The summed E-state index contributed by atoms with van der Waals surface area (Å²) >= 11 is 0. The molecule has 0 amide bonds. The van der Waals surface area contributed by atoms with E-state index in [1.54, 1.807) is 0 Å². The molecule has 1 aromatic carbocycles. The van der Waals surface area contributed by atoms with Crippen LogP contribution >= 0.6 is 0 Å². The van der Waals surface area contributed by atoms with E-state index in [1.165, 1.54) is 24.0 Å². The van der Waals surface area contributed by atoms with E-state index in [1.807, 2.05) is 30.3 Å². The topological polar surface area (TPSA) is 43.4 Å². The molecule has 0 aromatic heterocycles. The van der Waals surface area contributed by atoms with Crippen molar-refractivity contribution >= 4 is 11.8 Å². The van der Waals surface area contributed by atoms with Gasteiger partial charge in [-0.3, -0.25) is 4.79 Å². The summed E-state index contributed by atoms with van der Waals surface area (Å²) in [5.41, 5.74) is 3.63. The van der Waals surface area contributed by atoms with Gasteiger partial charge in [0, 0.05) is 6.42 Å². The van der Waals surface area contributed by atoms with Crippen LogP contribution in [0.2, 0.25) is 0 Å². The molecule has 0 aliphatic heterocycles. The molecule has 3 fully saturated rings. The molecule has 0 bridgehead atoms. The second-order valence-corrected chi connectivity index (χ2v) is 13.9. The summed E-state index contributed by atoms with van der Waals surface area (Å²) in [6.07, 6.45) is 12.8. The lowest BCUT2D eigenvalue weighted by Crippen LogP contribution is -2.51. The second kappa shape index (κ2) is 10.4. The quantitative estimate of drug-likeness (QED) is 0.281. The van der Waals surface area contributed by atoms with Crippen molar-refractivity contribution in [3.63, 3.8) is 0 Å². The fourth-order valence-corrected chi connectivity index (χ4v) is 8.67. The minimum Gasteiger partial charge on any atom is -0.459 e. The molecule has 0 saturated heterocycles.